The van der Waals surface area contributed by atoms with Gasteiger partial charge in [-0.15, -0.1) is 0 Å². The molecule has 4 heteroatoms. The monoisotopic (exact) mass is 276 g/mol. The third kappa shape index (κ3) is 3.31. The number of rotatable bonds is 4. The average molecular weight is 276 g/mol. The van der Waals surface area contributed by atoms with Crippen molar-refractivity contribution in [3.8, 4) is 0 Å². The van der Waals surface area contributed by atoms with Crippen molar-refractivity contribution in [1.82, 2.24) is 5.32 Å². The minimum atomic E-state index is -0.691. The number of aliphatic hydroxyl groups excluding tert-OH is 1. The first-order valence-corrected chi connectivity index (χ1v) is 7.21. The normalized spacial score (nSPS) is 22.4. The predicted octanol–water partition coefficient (Wildman–Crippen LogP) is 2.24. The van der Waals surface area contributed by atoms with Gasteiger partial charge in [-0.1, -0.05) is 32.4 Å². The van der Waals surface area contributed by atoms with Crippen LogP contribution < -0.4 is 11.1 Å². The summed E-state index contributed by atoms with van der Waals surface area (Å²) in [5.41, 5.74) is 7.11. The van der Waals surface area contributed by atoms with E-state index in [0.717, 1.165) is 24.8 Å². The van der Waals surface area contributed by atoms with Crippen LogP contribution in [0.25, 0.3) is 0 Å². The Labute approximate surface area is 120 Å². The van der Waals surface area contributed by atoms with Crippen molar-refractivity contribution in [3.63, 3.8) is 0 Å². The summed E-state index contributed by atoms with van der Waals surface area (Å²) >= 11 is 0. The first kappa shape index (κ1) is 14.9. The van der Waals surface area contributed by atoms with E-state index in [4.69, 9.17) is 5.73 Å². The summed E-state index contributed by atoms with van der Waals surface area (Å²) in [7, 11) is 0. The van der Waals surface area contributed by atoms with Gasteiger partial charge in [-0.05, 0) is 36.0 Å². The number of hydrogen-bond donors (Lipinski definition) is 3. The van der Waals surface area contributed by atoms with E-state index in [1.54, 1.807) is 24.3 Å². The summed E-state index contributed by atoms with van der Waals surface area (Å²) in [5.74, 6) is 0.114. The second-order valence-corrected chi connectivity index (χ2v) is 6.36. The molecule has 1 aliphatic rings. The second kappa shape index (κ2) is 5.83. The Bertz CT molecular complexity index is 468. The first-order chi connectivity index (χ1) is 9.40. The average Bonchev–Trinajstić information content (AvgIpc) is 2.76. The van der Waals surface area contributed by atoms with Crippen LogP contribution in [0.5, 0.6) is 0 Å². The molecule has 1 aromatic rings. The Morgan fingerprint density at radius 2 is 2.10 bits per heavy atom. The zero-order chi connectivity index (χ0) is 14.8. The Morgan fingerprint density at radius 1 is 1.45 bits per heavy atom. The van der Waals surface area contributed by atoms with Crippen LogP contribution in [0.15, 0.2) is 24.3 Å². The lowest BCUT2D eigenvalue weighted by molar-refractivity contribution is -0.128. The van der Waals surface area contributed by atoms with Crippen LogP contribution in [-0.4, -0.2) is 17.6 Å². The van der Waals surface area contributed by atoms with Gasteiger partial charge in [0.15, 0.2) is 0 Å². The lowest BCUT2D eigenvalue weighted by Gasteiger charge is -2.26. The van der Waals surface area contributed by atoms with E-state index in [0.29, 0.717) is 5.69 Å². The van der Waals surface area contributed by atoms with E-state index in [1.165, 1.54) is 0 Å². The Kier molecular flexibility index (Phi) is 4.33. The minimum absolute atomic E-state index is 0.0566. The van der Waals surface area contributed by atoms with E-state index < -0.39 is 6.10 Å². The highest BCUT2D eigenvalue weighted by Crippen LogP contribution is 2.42. The smallest absolute Gasteiger partial charge is 0.223 e. The molecule has 4 nitrogen and oxygen atoms in total. The van der Waals surface area contributed by atoms with Crippen LogP contribution in [0.1, 0.15) is 44.8 Å². The van der Waals surface area contributed by atoms with Crippen molar-refractivity contribution >= 4 is 11.6 Å². The number of carbonyl (C=O) groups excluding carboxylic acids is 1. The maximum absolute atomic E-state index is 12.2. The minimum Gasteiger partial charge on any atom is -0.399 e. The van der Waals surface area contributed by atoms with Gasteiger partial charge in [0, 0.05) is 18.2 Å². The molecule has 0 aliphatic heterocycles. The van der Waals surface area contributed by atoms with Gasteiger partial charge in [0.1, 0.15) is 0 Å². The van der Waals surface area contributed by atoms with Crippen LogP contribution in [-0.2, 0) is 4.79 Å². The summed E-state index contributed by atoms with van der Waals surface area (Å²) in [6.45, 7) is 4.52. The largest absolute Gasteiger partial charge is 0.399 e. The molecule has 0 aromatic heterocycles. The molecule has 20 heavy (non-hydrogen) atoms. The molecule has 1 aromatic carbocycles. The molecule has 0 bridgehead atoms. The van der Waals surface area contributed by atoms with Gasteiger partial charge in [0.25, 0.3) is 0 Å². The van der Waals surface area contributed by atoms with E-state index in [2.05, 4.69) is 19.2 Å². The molecule has 1 aliphatic carbocycles. The SMILES string of the molecule is CC1(C)CCCC1C(=O)NCC(O)c1ccc(N)cc1. The van der Waals surface area contributed by atoms with Gasteiger partial charge >= 0.3 is 0 Å². The van der Waals surface area contributed by atoms with E-state index in [1.807, 2.05) is 0 Å². The Morgan fingerprint density at radius 3 is 2.65 bits per heavy atom. The van der Waals surface area contributed by atoms with Crippen molar-refractivity contribution in [2.75, 3.05) is 12.3 Å². The van der Waals surface area contributed by atoms with Crippen molar-refractivity contribution < 1.29 is 9.90 Å². The molecule has 0 heterocycles. The molecule has 2 atom stereocenters. The Hall–Kier alpha value is -1.55. The molecular weight excluding hydrogens is 252 g/mol. The number of amides is 1. The standard InChI is InChI=1S/C16H24N2O2/c1-16(2)9-3-4-13(16)15(20)18-10-14(19)11-5-7-12(17)8-6-11/h5-8,13-14,19H,3-4,9-10,17H2,1-2H3,(H,18,20). The molecule has 0 spiro atoms. The van der Waals surface area contributed by atoms with Gasteiger partial charge in [-0.3, -0.25) is 4.79 Å². The quantitative estimate of drug-likeness (QED) is 0.738. The maximum Gasteiger partial charge on any atom is 0.223 e. The number of aliphatic hydroxyl groups is 1. The van der Waals surface area contributed by atoms with Crippen molar-refractivity contribution in [1.29, 1.82) is 0 Å². The highest BCUT2D eigenvalue weighted by molar-refractivity contribution is 5.79. The summed E-state index contributed by atoms with van der Waals surface area (Å²) in [5, 5.41) is 13.0. The lowest BCUT2D eigenvalue weighted by atomic mass is 9.81. The van der Waals surface area contributed by atoms with Crippen LogP contribution in [0.4, 0.5) is 5.69 Å². The molecule has 1 saturated carbocycles. The number of nitrogens with two attached hydrogens (primary N) is 1. The molecule has 2 rings (SSSR count). The summed E-state index contributed by atoms with van der Waals surface area (Å²) in [4.78, 5) is 12.2. The van der Waals surface area contributed by atoms with Crippen LogP contribution in [0.3, 0.4) is 0 Å². The molecule has 2 unspecified atom stereocenters. The first-order valence-electron chi connectivity index (χ1n) is 7.21. The number of nitrogens with one attached hydrogen (secondary N) is 1. The van der Waals surface area contributed by atoms with E-state index >= 15 is 0 Å². The third-order valence-electron chi connectivity index (χ3n) is 4.36. The zero-order valence-electron chi connectivity index (χ0n) is 12.2. The van der Waals surface area contributed by atoms with Crippen LogP contribution >= 0.6 is 0 Å². The van der Waals surface area contributed by atoms with Gasteiger partial charge in [0.2, 0.25) is 5.91 Å². The van der Waals surface area contributed by atoms with Crippen molar-refractivity contribution in [2.45, 2.75) is 39.2 Å². The fourth-order valence-corrected chi connectivity index (χ4v) is 2.97. The zero-order valence-corrected chi connectivity index (χ0v) is 12.2. The van der Waals surface area contributed by atoms with Crippen molar-refractivity contribution in [3.05, 3.63) is 29.8 Å². The molecule has 110 valence electrons. The molecule has 1 amide bonds. The van der Waals surface area contributed by atoms with Crippen LogP contribution in [0, 0.1) is 11.3 Å². The highest BCUT2D eigenvalue weighted by Gasteiger charge is 2.39. The van der Waals surface area contributed by atoms with E-state index in [9.17, 15) is 9.90 Å². The second-order valence-electron chi connectivity index (χ2n) is 6.36. The molecule has 4 N–H and O–H groups in total. The van der Waals surface area contributed by atoms with Gasteiger partial charge < -0.3 is 16.2 Å². The predicted molar refractivity (Wildman–Crippen MR) is 79.9 cm³/mol. The fourth-order valence-electron chi connectivity index (χ4n) is 2.97. The number of nitrogen functional groups attached to an aromatic ring is 1. The molecule has 0 radical (unpaired) electrons. The number of benzene rings is 1. The van der Waals surface area contributed by atoms with Gasteiger partial charge in [-0.2, -0.15) is 0 Å². The van der Waals surface area contributed by atoms with Crippen LogP contribution in [0.2, 0.25) is 0 Å². The molecule has 1 fully saturated rings. The van der Waals surface area contributed by atoms with Crippen molar-refractivity contribution in [2.24, 2.45) is 11.3 Å². The number of carbonyl (C=O) groups is 1. The lowest BCUT2D eigenvalue weighted by Crippen LogP contribution is -2.38. The highest BCUT2D eigenvalue weighted by atomic mass is 16.3. The number of hydrogen-bond acceptors (Lipinski definition) is 3. The van der Waals surface area contributed by atoms with Gasteiger partial charge in [-0.25, -0.2) is 0 Å². The maximum atomic E-state index is 12.2. The molecular formula is C16H24N2O2. The van der Waals surface area contributed by atoms with E-state index in [-0.39, 0.29) is 23.8 Å². The number of anilines is 1. The Balaban J connectivity index is 1.88. The fraction of sp³-hybridized carbons (Fsp3) is 0.562. The topological polar surface area (TPSA) is 75.3 Å². The summed E-state index contributed by atoms with van der Waals surface area (Å²) in [6.07, 6.45) is 2.44. The summed E-state index contributed by atoms with van der Waals surface area (Å²) < 4.78 is 0. The molecule has 0 saturated heterocycles. The summed E-state index contributed by atoms with van der Waals surface area (Å²) in [6, 6.07) is 7.07. The third-order valence-corrected chi connectivity index (χ3v) is 4.36. The van der Waals surface area contributed by atoms with Gasteiger partial charge in [0.05, 0.1) is 6.10 Å².